The van der Waals surface area contributed by atoms with Crippen LogP contribution in [-0.4, -0.2) is 18.4 Å². The van der Waals surface area contributed by atoms with Gasteiger partial charge in [-0.1, -0.05) is 37.3 Å². The lowest BCUT2D eigenvalue weighted by Gasteiger charge is -2.19. The highest BCUT2D eigenvalue weighted by Gasteiger charge is 2.35. The zero-order valence-electron chi connectivity index (χ0n) is 11.8. The molecule has 0 unspecified atom stereocenters. The predicted octanol–water partition coefficient (Wildman–Crippen LogP) is 2.85. The lowest BCUT2D eigenvalue weighted by Crippen LogP contribution is -2.34. The predicted molar refractivity (Wildman–Crippen MR) is 82.6 cm³/mol. The number of carbonyl (C=O) groups excluding carboxylic acids is 2. The summed E-state index contributed by atoms with van der Waals surface area (Å²) in [5, 5.41) is 3.25. The molecule has 4 heteroatoms. The molecule has 1 amide bonds. The van der Waals surface area contributed by atoms with Gasteiger partial charge in [0.15, 0.2) is 0 Å². The lowest BCUT2D eigenvalue weighted by molar-refractivity contribution is -0.114. The molecule has 0 spiro atoms. The molecule has 0 atom stereocenters. The molecular weight excluding hydrogens is 264 g/mol. The molecule has 1 N–H and O–H groups in total. The van der Waals surface area contributed by atoms with Gasteiger partial charge in [-0.25, -0.2) is 0 Å². The van der Waals surface area contributed by atoms with Crippen LogP contribution in [0.4, 0.5) is 11.4 Å². The Kier molecular flexibility index (Phi) is 3.44. The summed E-state index contributed by atoms with van der Waals surface area (Å²) in [4.78, 5) is 25.5. The number of fused-ring (bicyclic) bond motifs is 1. The highest BCUT2D eigenvalue weighted by molar-refractivity contribution is 6.52. The second-order valence-corrected chi connectivity index (χ2v) is 4.93. The Morgan fingerprint density at radius 3 is 2.52 bits per heavy atom. The number of benzene rings is 2. The molecule has 2 aromatic carbocycles. The first-order chi connectivity index (χ1) is 10.2. The first-order valence-electron chi connectivity index (χ1n) is 6.99. The van der Waals surface area contributed by atoms with Crippen molar-refractivity contribution in [2.45, 2.75) is 13.3 Å². The summed E-state index contributed by atoms with van der Waals surface area (Å²) >= 11 is 0. The monoisotopic (exact) mass is 280 g/mol. The fourth-order valence-electron chi connectivity index (χ4n) is 2.57. The number of nitrogens with one attached hydrogen (secondary N) is 1. The van der Waals surface area contributed by atoms with E-state index in [0.717, 1.165) is 12.1 Å². The molecule has 1 heterocycles. The number of para-hydroxylation sites is 2. The van der Waals surface area contributed by atoms with Crippen LogP contribution in [0.15, 0.2) is 48.5 Å². The summed E-state index contributed by atoms with van der Waals surface area (Å²) in [7, 11) is 0. The van der Waals surface area contributed by atoms with Crippen molar-refractivity contribution in [3.8, 4) is 0 Å². The molecule has 0 aliphatic carbocycles. The van der Waals surface area contributed by atoms with E-state index < -0.39 is 11.7 Å². The summed E-state index contributed by atoms with van der Waals surface area (Å²) in [6.45, 7) is 2.37. The molecule has 0 aromatic heterocycles. The minimum absolute atomic E-state index is 0.290. The van der Waals surface area contributed by atoms with Crippen LogP contribution in [0.25, 0.3) is 0 Å². The summed E-state index contributed by atoms with van der Waals surface area (Å²) in [5.41, 5.74) is 3.33. The van der Waals surface area contributed by atoms with E-state index in [9.17, 15) is 9.59 Å². The van der Waals surface area contributed by atoms with Gasteiger partial charge in [0.2, 0.25) is 0 Å². The molecule has 0 fully saturated rings. The van der Waals surface area contributed by atoms with E-state index >= 15 is 0 Å². The number of rotatable bonds is 4. The van der Waals surface area contributed by atoms with Crippen LogP contribution in [0.3, 0.4) is 0 Å². The van der Waals surface area contributed by atoms with Gasteiger partial charge in [0.05, 0.1) is 17.9 Å². The highest BCUT2D eigenvalue weighted by atomic mass is 16.2. The fourth-order valence-corrected chi connectivity index (χ4v) is 2.57. The van der Waals surface area contributed by atoms with Gasteiger partial charge in [-0.05, 0) is 30.2 Å². The third-order valence-corrected chi connectivity index (χ3v) is 3.70. The third kappa shape index (κ3) is 2.29. The molecule has 106 valence electrons. The van der Waals surface area contributed by atoms with Crippen molar-refractivity contribution >= 4 is 23.1 Å². The zero-order chi connectivity index (χ0) is 14.8. The molecule has 0 bridgehead atoms. The van der Waals surface area contributed by atoms with Crippen LogP contribution in [-0.2, 0) is 11.2 Å². The molecule has 0 saturated heterocycles. The number of amides is 1. The van der Waals surface area contributed by atoms with Gasteiger partial charge >= 0.3 is 5.91 Å². The average molecular weight is 280 g/mol. The Balaban J connectivity index is 1.83. The van der Waals surface area contributed by atoms with E-state index in [0.29, 0.717) is 17.9 Å². The van der Waals surface area contributed by atoms with Gasteiger partial charge < -0.3 is 5.32 Å². The van der Waals surface area contributed by atoms with Crippen LogP contribution in [0.1, 0.15) is 22.8 Å². The van der Waals surface area contributed by atoms with Crippen LogP contribution in [0.2, 0.25) is 0 Å². The van der Waals surface area contributed by atoms with Crippen molar-refractivity contribution in [2.75, 3.05) is 16.9 Å². The van der Waals surface area contributed by atoms with Gasteiger partial charge in [0.1, 0.15) is 0 Å². The van der Waals surface area contributed by atoms with Crippen molar-refractivity contribution in [3.63, 3.8) is 0 Å². The number of aryl methyl sites for hydroxylation is 1. The van der Waals surface area contributed by atoms with E-state index in [1.54, 1.807) is 18.2 Å². The number of hydrogen-bond donors (Lipinski definition) is 1. The maximum atomic E-state index is 12.1. The summed E-state index contributed by atoms with van der Waals surface area (Å²) < 4.78 is 0. The van der Waals surface area contributed by atoms with Gasteiger partial charge in [-0.15, -0.1) is 0 Å². The summed E-state index contributed by atoms with van der Waals surface area (Å²) in [6.07, 6.45) is 0.909. The Morgan fingerprint density at radius 1 is 1.00 bits per heavy atom. The van der Waals surface area contributed by atoms with Crippen molar-refractivity contribution in [1.29, 1.82) is 0 Å². The molecule has 21 heavy (non-hydrogen) atoms. The lowest BCUT2D eigenvalue weighted by atomic mass is 10.1. The molecule has 0 saturated carbocycles. The van der Waals surface area contributed by atoms with Crippen molar-refractivity contribution < 1.29 is 9.59 Å². The Bertz CT molecular complexity index is 709. The van der Waals surface area contributed by atoms with Gasteiger partial charge in [0, 0.05) is 5.69 Å². The first-order valence-corrected chi connectivity index (χ1v) is 6.99. The van der Waals surface area contributed by atoms with Crippen molar-refractivity contribution in [3.05, 3.63) is 59.7 Å². The Morgan fingerprint density at radius 2 is 1.71 bits per heavy atom. The van der Waals surface area contributed by atoms with E-state index in [1.165, 1.54) is 10.5 Å². The molecule has 3 rings (SSSR count). The maximum absolute atomic E-state index is 12.1. The SMILES string of the molecule is CCc1ccccc1NCN1C(=O)C(=O)c2ccccc21. The first kappa shape index (κ1) is 13.4. The van der Waals surface area contributed by atoms with E-state index in [-0.39, 0.29) is 0 Å². The molecular formula is C17H16N2O2. The Hall–Kier alpha value is -2.62. The topological polar surface area (TPSA) is 49.4 Å². The van der Waals surface area contributed by atoms with Gasteiger partial charge in [-0.3, -0.25) is 14.5 Å². The van der Waals surface area contributed by atoms with Crippen LogP contribution < -0.4 is 10.2 Å². The Labute approximate surface area is 123 Å². The number of Topliss-reactive ketones (excluding diaryl/α,β-unsaturated/α-hetero) is 1. The maximum Gasteiger partial charge on any atom is 0.300 e. The normalized spacial score (nSPS) is 13.5. The fraction of sp³-hybridized carbons (Fsp3) is 0.176. The minimum Gasteiger partial charge on any atom is -0.367 e. The molecule has 1 aliphatic heterocycles. The van der Waals surface area contributed by atoms with E-state index in [4.69, 9.17) is 0 Å². The quantitative estimate of drug-likeness (QED) is 0.876. The molecule has 2 aromatic rings. The van der Waals surface area contributed by atoms with E-state index in [1.807, 2.05) is 30.3 Å². The zero-order valence-corrected chi connectivity index (χ0v) is 11.8. The van der Waals surface area contributed by atoms with Gasteiger partial charge in [0.25, 0.3) is 5.78 Å². The third-order valence-electron chi connectivity index (χ3n) is 3.70. The van der Waals surface area contributed by atoms with Crippen LogP contribution in [0.5, 0.6) is 0 Å². The van der Waals surface area contributed by atoms with Crippen LogP contribution >= 0.6 is 0 Å². The second kappa shape index (κ2) is 5.40. The number of anilines is 2. The standard InChI is InChI=1S/C17H16N2O2/c1-2-12-7-3-5-9-14(12)18-11-19-15-10-6-4-8-13(15)16(20)17(19)21/h3-10,18H,2,11H2,1H3. The summed E-state index contributed by atoms with van der Waals surface area (Å²) in [6, 6.07) is 15.1. The number of ketones is 1. The summed E-state index contributed by atoms with van der Waals surface area (Å²) in [5.74, 6) is -0.908. The average Bonchev–Trinajstić information content (AvgIpc) is 2.78. The number of nitrogens with zero attached hydrogens (tertiary/aromatic N) is 1. The molecule has 4 nitrogen and oxygen atoms in total. The van der Waals surface area contributed by atoms with Gasteiger partial charge in [-0.2, -0.15) is 0 Å². The van der Waals surface area contributed by atoms with Crippen molar-refractivity contribution in [2.24, 2.45) is 0 Å². The smallest absolute Gasteiger partial charge is 0.300 e. The van der Waals surface area contributed by atoms with Crippen molar-refractivity contribution in [1.82, 2.24) is 0 Å². The van der Waals surface area contributed by atoms with Crippen LogP contribution in [0, 0.1) is 0 Å². The largest absolute Gasteiger partial charge is 0.367 e. The van der Waals surface area contributed by atoms with E-state index in [2.05, 4.69) is 12.2 Å². The molecule has 0 radical (unpaired) electrons. The number of carbonyl (C=O) groups is 2. The highest BCUT2D eigenvalue weighted by Crippen LogP contribution is 2.28. The second-order valence-electron chi connectivity index (χ2n) is 4.93. The molecule has 1 aliphatic rings. The minimum atomic E-state index is -0.474. The number of hydrogen-bond acceptors (Lipinski definition) is 3.